The first-order valence-electron chi connectivity index (χ1n) is 23.1. The number of hydrogen-bond donors (Lipinski definition) is 0. The lowest BCUT2D eigenvalue weighted by Crippen LogP contribution is -2.55. The first-order valence-corrected chi connectivity index (χ1v) is 23.1. The first kappa shape index (κ1) is 36.2. The summed E-state index contributed by atoms with van der Waals surface area (Å²) in [6.45, 7) is 4.75. The SMILES string of the molecule is CC1(C)c2ccccc2-c2cc(N(c3ccc(-c4ccc(-c5ccccc5)cc4)cc3)c3ccc4c(c3)-c3cc(-c5ccccc5)ccc3C43C4CC5CC(C4)CC3C5)ccc21. The van der Waals surface area contributed by atoms with E-state index >= 15 is 0 Å². The summed E-state index contributed by atoms with van der Waals surface area (Å²) in [6.07, 6.45) is 7.00. The molecule has 0 aliphatic heterocycles. The molecule has 62 heavy (non-hydrogen) atoms. The maximum absolute atomic E-state index is 2.58. The van der Waals surface area contributed by atoms with Crippen molar-refractivity contribution < 1.29 is 0 Å². The lowest BCUT2D eigenvalue weighted by atomic mass is 9.43. The molecular weight excluding hydrogens is 747 g/mol. The van der Waals surface area contributed by atoms with Gasteiger partial charge in [0.05, 0.1) is 0 Å². The van der Waals surface area contributed by atoms with E-state index in [4.69, 9.17) is 0 Å². The Morgan fingerprint density at radius 2 is 0.742 bits per heavy atom. The Labute approximate surface area is 366 Å². The van der Waals surface area contributed by atoms with E-state index < -0.39 is 0 Å². The Morgan fingerprint density at radius 1 is 0.339 bits per heavy atom. The minimum absolute atomic E-state index is 0.0479. The van der Waals surface area contributed by atoms with Gasteiger partial charge in [0, 0.05) is 27.9 Å². The fourth-order valence-corrected chi connectivity index (χ4v) is 13.7. The highest BCUT2D eigenvalue weighted by molar-refractivity contribution is 5.91. The van der Waals surface area contributed by atoms with Crippen LogP contribution in [0.15, 0.2) is 188 Å². The van der Waals surface area contributed by atoms with Gasteiger partial charge in [-0.05, 0) is 176 Å². The van der Waals surface area contributed by atoms with Crippen LogP contribution in [0, 0.1) is 23.7 Å². The summed E-state index contributed by atoms with van der Waals surface area (Å²) in [5.41, 5.74) is 22.7. The predicted molar refractivity (Wildman–Crippen MR) is 258 cm³/mol. The zero-order chi connectivity index (χ0) is 41.2. The number of nitrogens with zero attached hydrogens (tertiary/aromatic N) is 1. The number of fused-ring (bicyclic) bond motifs is 6. The van der Waals surface area contributed by atoms with Gasteiger partial charge in [-0.15, -0.1) is 0 Å². The van der Waals surface area contributed by atoms with Crippen molar-refractivity contribution in [3.63, 3.8) is 0 Å². The second-order valence-corrected chi connectivity index (χ2v) is 19.8. The van der Waals surface area contributed by atoms with Crippen LogP contribution in [0.25, 0.3) is 55.6 Å². The average molecular weight is 798 g/mol. The van der Waals surface area contributed by atoms with Crippen molar-refractivity contribution in [3.05, 3.63) is 210 Å². The van der Waals surface area contributed by atoms with Crippen molar-refractivity contribution in [3.8, 4) is 55.6 Å². The van der Waals surface area contributed by atoms with Gasteiger partial charge in [0.1, 0.15) is 0 Å². The third-order valence-electron chi connectivity index (χ3n) is 16.3. The number of anilines is 3. The van der Waals surface area contributed by atoms with Crippen LogP contribution in [0.1, 0.15) is 68.2 Å². The number of rotatable bonds is 6. The van der Waals surface area contributed by atoms with E-state index in [9.17, 15) is 0 Å². The number of benzene rings is 8. The average Bonchev–Trinajstić information content (AvgIpc) is 3.73. The second-order valence-electron chi connectivity index (χ2n) is 19.8. The zero-order valence-corrected chi connectivity index (χ0v) is 35.7. The molecule has 8 aromatic carbocycles. The second kappa shape index (κ2) is 13.5. The van der Waals surface area contributed by atoms with E-state index in [1.54, 1.807) is 11.1 Å². The van der Waals surface area contributed by atoms with Crippen LogP contribution < -0.4 is 4.90 Å². The molecule has 300 valence electrons. The fraction of sp³-hybridized carbons (Fsp3) is 0.213. The van der Waals surface area contributed by atoms with Crippen molar-refractivity contribution in [2.24, 2.45) is 23.7 Å². The molecule has 0 unspecified atom stereocenters. The molecule has 0 atom stereocenters. The third kappa shape index (κ3) is 5.27. The monoisotopic (exact) mass is 797 g/mol. The van der Waals surface area contributed by atoms with Gasteiger partial charge in [0.2, 0.25) is 0 Å². The highest BCUT2D eigenvalue weighted by atomic mass is 15.1. The molecule has 0 saturated heterocycles. The molecule has 1 spiro atoms. The van der Waals surface area contributed by atoms with Gasteiger partial charge in [-0.2, -0.15) is 0 Å². The molecule has 1 nitrogen and oxygen atoms in total. The van der Waals surface area contributed by atoms with Gasteiger partial charge < -0.3 is 4.90 Å². The molecule has 0 heterocycles. The zero-order valence-electron chi connectivity index (χ0n) is 35.7. The molecule has 0 aromatic heterocycles. The molecule has 0 radical (unpaired) electrons. The Morgan fingerprint density at radius 3 is 1.34 bits per heavy atom. The highest BCUT2D eigenvalue weighted by Gasteiger charge is 2.61. The lowest BCUT2D eigenvalue weighted by Gasteiger charge is -2.61. The largest absolute Gasteiger partial charge is 0.310 e. The summed E-state index contributed by atoms with van der Waals surface area (Å²) in [5, 5.41) is 0. The van der Waals surface area contributed by atoms with E-state index in [0.29, 0.717) is 0 Å². The van der Waals surface area contributed by atoms with Crippen LogP contribution in [0.5, 0.6) is 0 Å². The molecular formula is C61H51N. The smallest absolute Gasteiger partial charge is 0.0468 e. The molecule has 14 rings (SSSR count). The predicted octanol–water partition coefficient (Wildman–Crippen LogP) is 16.2. The van der Waals surface area contributed by atoms with Crippen LogP contribution >= 0.6 is 0 Å². The van der Waals surface area contributed by atoms with Crippen molar-refractivity contribution in [2.45, 2.75) is 56.8 Å². The summed E-state index contributed by atoms with van der Waals surface area (Å²) in [6, 6.07) is 71.4. The summed E-state index contributed by atoms with van der Waals surface area (Å²) in [7, 11) is 0. The first-order chi connectivity index (χ1) is 30.4. The van der Waals surface area contributed by atoms with E-state index in [1.807, 2.05) is 0 Å². The molecule has 4 saturated carbocycles. The normalized spacial score (nSPS) is 22.9. The van der Waals surface area contributed by atoms with Gasteiger partial charge in [-0.1, -0.05) is 159 Å². The lowest BCUT2D eigenvalue weighted by molar-refractivity contribution is -0.0399. The molecule has 1 heteroatoms. The van der Waals surface area contributed by atoms with Crippen LogP contribution in [-0.4, -0.2) is 0 Å². The van der Waals surface area contributed by atoms with E-state index in [1.165, 1.54) is 116 Å². The van der Waals surface area contributed by atoms with E-state index in [0.717, 1.165) is 23.7 Å². The molecule has 0 N–H and O–H groups in total. The molecule has 6 aliphatic carbocycles. The quantitative estimate of drug-likeness (QED) is 0.162. The van der Waals surface area contributed by atoms with Gasteiger partial charge in [0.25, 0.3) is 0 Å². The van der Waals surface area contributed by atoms with Crippen LogP contribution in [-0.2, 0) is 10.8 Å². The Kier molecular flexibility index (Phi) is 7.91. The topological polar surface area (TPSA) is 3.24 Å². The maximum Gasteiger partial charge on any atom is 0.0468 e. The minimum atomic E-state index is -0.0479. The Bertz CT molecular complexity index is 3000. The standard InChI is InChI=1S/C61H51N/c1-60(2)56-16-10-9-15-52(56)54-37-50(26-29-57(54)60)62(49-24-21-45(22-25-49)44-19-17-43(18-20-44)41-11-5-3-6-12-41)51-27-30-59-55(38-51)53-36-46(42-13-7-4-8-14-42)23-28-58(53)61(59)47-32-39-31-40(34-47)35-48(61)33-39/h3-30,36-40,47-48H,31-35H2,1-2H3. The maximum atomic E-state index is 2.58. The van der Waals surface area contributed by atoms with Crippen LogP contribution in [0.4, 0.5) is 17.1 Å². The van der Waals surface area contributed by atoms with Crippen molar-refractivity contribution in [1.29, 1.82) is 0 Å². The van der Waals surface area contributed by atoms with E-state index in [2.05, 4.69) is 207 Å². The molecule has 4 fully saturated rings. The van der Waals surface area contributed by atoms with Crippen molar-refractivity contribution in [2.75, 3.05) is 4.90 Å². The molecule has 0 amide bonds. The summed E-state index contributed by atoms with van der Waals surface area (Å²) >= 11 is 0. The summed E-state index contributed by atoms with van der Waals surface area (Å²) in [4.78, 5) is 2.53. The minimum Gasteiger partial charge on any atom is -0.310 e. The summed E-state index contributed by atoms with van der Waals surface area (Å²) < 4.78 is 0. The molecule has 8 aromatic rings. The van der Waals surface area contributed by atoms with E-state index in [-0.39, 0.29) is 10.8 Å². The Hall–Kier alpha value is -6.44. The Balaban J connectivity index is 0.971. The number of hydrogen-bond acceptors (Lipinski definition) is 1. The van der Waals surface area contributed by atoms with Crippen molar-refractivity contribution in [1.82, 2.24) is 0 Å². The van der Waals surface area contributed by atoms with Gasteiger partial charge in [-0.3, -0.25) is 0 Å². The van der Waals surface area contributed by atoms with Gasteiger partial charge >= 0.3 is 0 Å². The van der Waals surface area contributed by atoms with Gasteiger partial charge in [0.15, 0.2) is 0 Å². The van der Waals surface area contributed by atoms with Gasteiger partial charge in [-0.25, -0.2) is 0 Å². The third-order valence-corrected chi connectivity index (χ3v) is 16.3. The van der Waals surface area contributed by atoms with Crippen LogP contribution in [0.2, 0.25) is 0 Å². The summed E-state index contributed by atoms with van der Waals surface area (Å²) in [5.74, 6) is 3.26. The molecule has 6 aliphatic rings. The fourth-order valence-electron chi connectivity index (χ4n) is 13.7. The van der Waals surface area contributed by atoms with Crippen molar-refractivity contribution >= 4 is 17.1 Å². The van der Waals surface area contributed by atoms with Crippen LogP contribution in [0.3, 0.4) is 0 Å². The molecule has 4 bridgehead atoms. The highest BCUT2D eigenvalue weighted by Crippen LogP contribution is 2.70.